The van der Waals surface area contributed by atoms with E-state index < -0.39 is 0 Å². The molecule has 0 N–H and O–H groups in total. The van der Waals surface area contributed by atoms with Crippen LogP contribution in [0.4, 0.5) is 0 Å². The molecular formula is C22H23OS+. The van der Waals surface area contributed by atoms with Crippen molar-refractivity contribution in [2.24, 2.45) is 0 Å². The van der Waals surface area contributed by atoms with Gasteiger partial charge in [-0.05, 0) is 29.3 Å². The van der Waals surface area contributed by atoms with Crippen LogP contribution in [0.3, 0.4) is 0 Å². The maximum Gasteiger partial charge on any atom is 0.212 e. The monoisotopic (exact) mass is 335 g/mol. The van der Waals surface area contributed by atoms with Crippen LogP contribution in [0, 0.1) is 0 Å². The molecule has 0 aliphatic rings. The number of ketones is 1. The summed E-state index contributed by atoms with van der Waals surface area (Å²) in [5.74, 6) is 1.96. The predicted octanol–water partition coefficient (Wildman–Crippen LogP) is 5.50. The Bertz CT molecular complexity index is 810. The van der Waals surface area contributed by atoms with Crippen LogP contribution >= 0.6 is 0 Å². The second-order valence-corrected chi connectivity index (χ2v) is 8.15. The Balaban J connectivity index is 1.85. The molecule has 0 aliphatic carbocycles. The number of unbranched alkanes of at least 4 members (excludes halogenated alkanes) is 1. The van der Waals surface area contributed by atoms with Crippen LogP contribution < -0.4 is 0 Å². The van der Waals surface area contributed by atoms with Crippen molar-refractivity contribution < 1.29 is 4.79 Å². The van der Waals surface area contributed by atoms with Gasteiger partial charge in [-0.3, -0.25) is 4.79 Å². The molecular weight excluding hydrogens is 312 g/mol. The molecule has 122 valence electrons. The highest BCUT2D eigenvalue weighted by Gasteiger charge is 2.26. The summed E-state index contributed by atoms with van der Waals surface area (Å²) in [5, 5.41) is 2.52. The smallest absolute Gasteiger partial charge is 0.212 e. The topological polar surface area (TPSA) is 17.1 Å². The zero-order valence-electron chi connectivity index (χ0n) is 14.1. The number of hydrogen-bond donors (Lipinski definition) is 0. The van der Waals surface area contributed by atoms with Crippen LogP contribution in [0.25, 0.3) is 10.8 Å². The molecule has 0 saturated carbocycles. The van der Waals surface area contributed by atoms with Gasteiger partial charge in [0.25, 0.3) is 0 Å². The first-order valence-electron chi connectivity index (χ1n) is 8.52. The number of Topliss-reactive ketones (excluding diaryl/α,β-unsaturated/α-hetero) is 1. The van der Waals surface area contributed by atoms with Crippen LogP contribution in [0.1, 0.15) is 30.1 Å². The van der Waals surface area contributed by atoms with Gasteiger partial charge in [-0.2, -0.15) is 0 Å². The predicted molar refractivity (Wildman–Crippen MR) is 105 cm³/mol. The molecule has 0 aliphatic heterocycles. The quantitative estimate of drug-likeness (QED) is 0.411. The Labute approximate surface area is 147 Å². The molecule has 3 aromatic rings. The molecule has 0 heterocycles. The summed E-state index contributed by atoms with van der Waals surface area (Å²) in [4.78, 5) is 14.0. The number of fused-ring (bicyclic) bond motifs is 1. The minimum Gasteiger partial charge on any atom is -0.289 e. The fourth-order valence-corrected chi connectivity index (χ4v) is 5.03. The maximum atomic E-state index is 12.7. The number of rotatable bonds is 7. The molecule has 0 saturated heterocycles. The molecule has 0 aromatic heterocycles. The van der Waals surface area contributed by atoms with Gasteiger partial charge in [0.2, 0.25) is 5.78 Å². The molecule has 0 radical (unpaired) electrons. The average molecular weight is 335 g/mol. The first-order chi connectivity index (χ1) is 11.8. The van der Waals surface area contributed by atoms with Crippen molar-refractivity contribution in [1.29, 1.82) is 0 Å². The van der Waals surface area contributed by atoms with Crippen molar-refractivity contribution in [1.82, 2.24) is 0 Å². The van der Waals surface area contributed by atoms with E-state index in [1.807, 2.05) is 30.3 Å². The van der Waals surface area contributed by atoms with Crippen LogP contribution in [-0.2, 0) is 10.9 Å². The first kappa shape index (κ1) is 16.8. The second kappa shape index (κ2) is 8.16. The SMILES string of the molecule is CCCC[S+](CC(=O)c1ccccc1)c1ccc2ccccc2c1. The number of benzene rings is 3. The molecule has 0 amide bonds. The van der Waals surface area contributed by atoms with Gasteiger partial charge in [-0.25, -0.2) is 0 Å². The Morgan fingerprint density at radius 3 is 2.33 bits per heavy atom. The summed E-state index contributed by atoms with van der Waals surface area (Å²) in [5.41, 5.74) is 0.826. The van der Waals surface area contributed by atoms with Crippen molar-refractivity contribution >= 4 is 27.5 Å². The third-order valence-corrected chi connectivity index (χ3v) is 6.51. The lowest BCUT2D eigenvalue weighted by molar-refractivity contribution is 0.102. The third kappa shape index (κ3) is 4.07. The summed E-state index contributed by atoms with van der Waals surface area (Å²) in [6.07, 6.45) is 2.33. The van der Waals surface area contributed by atoms with E-state index in [9.17, 15) is 4.79 Å². The van der Waals surface area contributed by atoms with E-state index in [0.717, 1.165) is 24.2 Å². The van der Waals surface area contributed by atoms with Crippen molar-refractivity contribution in [2.75, 3.05) is 11.5 Å². The van der Waals surface area contributed by atoms with Gasteiger partial charge >= 0.3 is 0 Å². The molecule has 1 unspecified atom stereocenters. The Morgan fingerprint density at radius 1 is 0.875 bits per heavy atom. The molecule has 3 rings (SSSR count). The fourth-order valence-electron chi connectivity index (χ4n) is 2.80. The lowest BCUT2D eigenvalue weighted by Gasteiger charge is -2.09. The first-order valence-corrected chi connectivity index (χ1v) is 10.1. The van der Waals surface area contributed by atoms with Gasteiger partial charge in [-0.15, -0.1) is 0 Å². The highest BCUT2D eigenvalue weighted by molar-refractivity contribution is 7.97. The Kier molecular flexibility index (Phi) is 5.71. The standard InChI is InChI=1S/C22H23OS/c1-2-3-15-24(17-22(23)19-10-5-4-6-11-19)21-14-13-18-9-7-8-12-20(18)16-21/h4-14,16H,2-3,15,17H2,1H3/q+1. The van der Waals surface area contributed by atoms with E-state index in [4.69, 9.17) is 0 Å². The van der Waals surface area contributed by atoms with Gasteiger partial charge in [-0.1, -0.05) is 67.9 Å². The zero-order valence-corrected chi connectivity index (χ0v) is 14.9. The molecule has 1 atom stereocenters. The summed E-state index contributed by atoms with van der Waals surface area (Å²) in [7, 11) is -0.0239. The van der Waals surface area contributed by atoms with Crippen LogP contribution in [0.15, 0.2) is 77.7 Å². The van der Waals surface area contributed by atoms with Crippen LogP contribution in [0.5, 0.6) is 0 Å². The highest BCUT2D eigenvalue weighted by Crippen LogP contribution is 2.23. The van der Waals surface area contributed by atoms with E-state index >= 15 is 0 Å². The molecule has 2 heteroatoms. The van der Waals surface area contributed by atoms with Crippen LogP contribution in [-0.4, -0.2) is 17.3 Å². The molecule has 0 fully saturated rings. The van der Waals surface area contributed by atoms with E-state index in [0.29, 0.717) is 5.75 Å². The van der Waals surface area contributed by atoms with Gasteiger partial charge in [0.1, 0.15) is 5.75 Å². The number of hydrogen-bond acceptors (Lipinski definition) is 1. The van der Waals surface area contributed by atoms with Crippen molar-refractivity contribution in [3.8, 4) is 0 Å². The normalized spacial score (nSPS) is 12.2. The van der Waals surface area contributed by atoms with Gasteiger partial charge < -0.3 is 0 Å². The minimum absolute atomic E-state index is 0.0239. The molecule has 0 spiro atoms. The average Bonchev–Trinajstić information content (AvgIpc) is 2.65. The number of carbonyl (C=O) groups is 1. The van der Waals surface area contributed by atoms with E-state index in [1.165, 1.54) is 15.7 Å². The highest BCUT2D eigenvalue weighted by atomic mass is 32.2. The summed E-state index contributed by atoms with van der Waals surface area (Å²) in [6.45, 7) is 2.21. The summed E-state index contributed by atoms with van der Waals surface area (Å²) >= 11 is 0. The minimum atomic E-state index is -0.0239. The Hall–Kier alpha value is -2.06. The summed E-state index contributed by atoms with van der Waals surface area (Å²) < 4.78 is 0. The molecule has 1 nitrogen and oxygen atoms in total. The largest absolute Gasteiger partial charge is 0.289 e. The third-order valence-electron chi connectivity index (χ3n) is 4.20. The molecule has 0 bridgehead atoms. The molecule has 3 aromatic carbocycles. The van der Waals surface area contributed by atoms with Crippen LogP contribution in [0.2, 0.25) is 0 Å². The summed E-state index contributed by atoms with van der Waals surface area (Å²) in [6, 6.07) is 24.8. The molecule has 24 heavy (non-hydrogen) atoms. The second-order valence-electron chi connectivity index (χ2n) is 5.99. The van der Waals surface area contributed by atoms with Crippen molar-refractivity contribution in [3.63, 3.8) is 0 Å². The van der Waals surface area contributed by atoms with Gasteiger partial charge in [0.05, 0.1) is 0 Å². The Morgan fingerprint density at radius 2 is 1.58 bits per heavy atom. The fraction of sp³-hybridized carbons (Fsp3) is 0.227. The lowest BCUT2D eigenvalue weighted by Crippen LogP contribution is -2.20. The van der Waals surface area contributed by atoms with Crippen molar-refractivity contribution in [2.45, 2.75) is 24.7 Å². The van der Waals surface area contributed by atoms with Gasteiger partial charge in [0.15, 0.2) is 10.6 Å². The van der Waals surface area contributed by atoms with Gasteiger partial charge in [0, 0.05) is 22.5 Å². The lowest BCUT2D eigenvalue weighted by atomic mass is 10.1. The van der Waals surface area contributed by atoms with E-state index in [2.05, 4.69) is 49.4 Å². The van der Waals surface area contributed by atoms with E-state index in [1.54, 1.807) is 0 Å². The van der Waals surface area contributed by atoms with Crippen molar-refractivity contribution in [3.05, 3.63) is 78.4 Å². The number of carbonyl (C=O) groups excluding carboxylic acids is 1. The van der Waals surface area contributed by atoms with E-state index in [-0.39, 0.29) is 16.7 Å². The maximum absolute atomic E-state index is 12.7. The zero-order chi connectivity index (χ0) is 16.8.